The quantitative estimate of drug-likeness (QED) is 0.587. The van der Waals surface area contributed by atoms with Crippen molar-refractivity contribution in [3.8, 4) is 0 Å². The Hall–Kier alpha value is -2.29. The van der Waals surface area contributed by atoms with E-state index in [1.807, 2.05) is 18.2 Å². The van der Waals surface area contributed by atoms with E-state index in [1.165, 1.54) is 29.3 Å². The second-order valence-electron chi connectivity index (χ2n) is 5.35. The zero-order valence-electron chi connectivity index (χ0n) is 11.6. The van der Waals surface area contributed by atoms with Crippen molar-refractivity contribution in [1.82, 2.24) is 14.4 Å². The molecule has 4 rings (SSSR count). The third-order valence-electron chi connectivity index (χ3n) is 3.94. The number of aromatic nitrogens is 3. The summed E-state index contributed by atoms with van der Waals surface area (Å²) in [6, 6.07) is 12.8. The standard InChI is InChI=1S/C17H17N3/c1-2-3-6-12-8-9-13-14(11-12)18-17-16(13)19-15-7-4-5-10-20(15)17/h4-5,7-11,18H,2-3,6H2,1H3. The molecular weight excluding hydrogens is 246 g/mol. The normalized spacial score (nSPS) is 11.8. The molecule has 0 unspecified atom stereocenters. The Kier molecular flexibility index (Phi) is 2.52. The number of benzene rings is 1. The van der Waals surface area contributed by atoms with Crippen LogP contribution in [0.4, 0.5) is 0 Å². The Morgan fingerprint density at radius 1 is 1.20 bits per heavy atom. The van der Waals surface area contributed by atoms with Crippen LogP contribution < -0.4 is 0 Å². The number of imidazole rings is 1. The zero-order valence-corrected chi connectivity index (χ0v) is 11.6. The molecule has 0 aliphatic heterocycles. The van der Waals surface area contributed by atoms with Crippen LogP contribution in [0.15, 0.2) is 42.6 Å². The molecular formula is C17H17N3. The molecule has 1 aromatic carbocycles. The van der Waals surface area contributed by atoms with Gasteiger partial charge in [0.05, 0.1) is 0 Å². The van der Waals surface area contributed by atoms with Crippen molar-refractivity contribution >= 4 is 27.7 Å². The average Bonchev–Trinajstić information content (AvgIpc) is 3.00. The maximum absolute atomic E-state index is 4.73. The first kappa shape index (κ1) is 11.5. The average molecular weight is 263 g/mol. The van der Waals surface area contributed by atoms with Gasteiger partial charge in [-0.25, -0.2) is 4.98 Å². The van der Waals surface area contributed by atoms with Crippen LogP contribution in [0.1, 0.15) is 25.3 Å². The fourth-order valence-corrected chi connectivity index (χ4v) is 2.87. The number of nitrogens with one attached hydrogen (secondary N) is 1. The number of nitrogens with zero attached hydrogens (tertiary/aromatic N) is 2. The highest BCUT2D eigenvalue weighted by molar-refractivity contribution is 6.05. The molecule has 0 radical (unpaired) electrons. The number of unbranched alkanes of at least 4 members (excludes halogenated alkanes) is 1. The third-order valence-corrected chi connectivity index (χ3v) is 3.94. The van der Waals surface area contributed by atoms with E-state index in [9.17, 15) is 0 Å². The molecule has 0 aliphatic rings. The fraction of sp³-hybridized carbons (Fsp3) is 0.235. The van der Waals surface area contributed by atoms with Gasteiger partial charge in [-0.3, -0.25) is 4.40 Å². The van der Waals surface area contributed by atoms with Crippen molar-refractivity contribution in [3.63, 3.8) is 0 Å². The van der Waals surface area contributed by atoms with Crippen LogP contribution in [0.3, 0.4) is 0 Å². The summed E-state index contributed by atoms with van der Waals surface area (Å²) >= 11 is 0. The van der Waals surface area contributed by atoms with Crippen molar-refractivity contribution < 1.29 is 0 Å². The van der Waals surface area contributed by atoms with Gasteiger partial charge in [0.25, 0.3) is 0 Å². The minimum Gasteiger partial charge on any atom is -0.339 e. The highest BCUT2D eigenvalue weighted by atomic mass is 15.1. The van der Waals surface area contributed by atoms with Crippen molar-refractivity contribution in [1.29, 1.82) is 0 Å². The first-order valence-corrected chi connectivity index (χ1v) is 7.24. The van der Waals surface area contributed by atoms with E-state index in [-0.39, 0.29) is 0 Å². The van der Waals surface area contributed by atoms with Crippen molar-refractivity contribution in [2.24, 2.45) is 0 Å². The monoisotopic (exact) mass is 263 g/mol. The fourth-order valence-electron chi connectivity index (χ4n) is 2.87. The van der Waals surface area contributed by atoms with Gasteiger partial charge in [-0.05, 0) is 36.6 Å². The van der Waals surface area contributed by atoms with Crippen molar-refractivity contribution in [3.05, 3.63) is 48.2 Å². The number of aromatic amines is 1. The summed E-state index contributed by atoms with van der Waals surface area (Å²) in [5, 5.41) is 1.21. The number of hydrogen-bond acceptors (Lipinski definition) is 1. The zero-order chi connectivity index (χ0) is 13.5. The Balaban J connectivity index is 1.95. The molecule has 0 atom stereocenters. The van der Waals surface area contributed by atoms with Gasteiger partial charge in [-0.15, -0.1) is 0 Å². The van der Waals surface area contributed by atoms with Gasteiger partial charge < -0.3 is 4.98 Å². The van der Waals surface area contributed by atoms with E-state index in [1.54, 1.807) is 0 Å². The Labute approximate surface area is 117 Å². The highest BCUT2D eigenvalue weighted by Crippen LogP contribution is 2.26. The van der Waals surface area contributed by atoms with Crippen molar-refractivity contribution in [2.45, 2.75) is 26.2 Å². The minimum absolute atomic E-state index is 0.991. The molecule has 0 saturated carbocycles. The molecule has 0 amide bonds. The molecule has 4 aromatic rings. The maximum atomic E-state index is 4.73. The second-order valence-corrected chi connectivity index (χ2v) is 5.35. The van der Waals surface area contributed by atoms with Crippen LogP contribution in [0, 0.1) is 0 Å². The molecule has 3 aromatic heterocycles. The molecule has 1 N–H and O–H groups in total. The molecule has 0 aliphatic carbocycles. The summed E-state index contributed by atoms with van der Waals surface area (Å²) in [5.74, 6) is 0. The molecule has 0 fully saturated rings. The molecule has 3 heteroatoms. The van der Waals surface area contributed by atoms with Crippen LogP contribution in [-0.2, 0) is 6.42 Å². The van der Waals surface area contributed by atoms with E-state index >= 15 is 0 Å². The van der Waals surface area contributed by atoms with E-state index in [0.29, 0.717) is 0 Å². The highest BCUT2D eigenvalue weighted by Gasteiger charge is 2.10. The van der Waals surface area contributed by atoms with Gasteiger partial charge in [-0.1, -0.05) is 31.5 Å². The van der Waals surface area contributed by atoms with Crippen LogP contribution in [0.25, 0.3) is 27.7 Å². The number of fused-ring (bicyclic) bond motifs is 5. The largest absolute Gasteiger partial charge is 0.339 e. The summed E-state index contributed by atoms with van der Waals surface area (Å²) in [4.78, 5) is 8.25. The van der Waals surface area contributed by atoms with E-state index in [4.69, 9.17) is 4.98 Å². The first-order chi connectivity index (χ1) is 9.86. The number of H-pyrrole nitrogens is 1. The Morgan fingerprint density at radius 3 is 3.05 bits per heavy atom. The molecule has 0 bridgehead atoms. The summed E-state index contributed by atoms with van der Waals surface area (Å²) in [5.41, 5.74) is 5.73. The Morgan fingerprint density at radius 2 is 2.15 bits per heavy atom. The minimum atomic E-state index is 0.991. The summed E-state index contributed by atoms with van der Waals surface area (Å²) < 4.78 is 2.11. The third kappa shape index (κ3) is 1.63. The van der Waals surface area contributed by atoms with Gasteiger partial charge >= 0.3 is 0 Å². The van der Waals surface area contributed by atoms with Crippen molar-refractivity contribution in [2.75, 3.05) is 0 Å². The smallest absolute Gasteiger partial charge is 0.143 e. The number of aryl methyl sites for hydroxylation is 1. The predicted octanol–water partition coefficient (Wildman–Crippen LogP) is 4.31. The van der Waals surface area contributed by atoms with E-state index < -0.39 is 0 Å². The number of hydrogen-bond donors (Lipinski definition) is 1. The molecule has 0 saturated heterocycles. The molecule has 0 spiro atoms. The van der Waals surface area contributed by atoms with E-state index in [0.717, 1.165) is 23.2 Å². The summed E-state index contributed by atoms with van der Waals surface area (Å²) in [7, 11) is 0. The molecule has 100 valence electrons. The molecule has 3 nitrogen and oxygen atoms in total. The lowest BCUT2D eigenvalue weighted by molar-refractivity contribution is 0.796. The predicted molar refractivity (Wildman–Crippen MR) is 83.2 cm³/mol. The topological polar surface area (TPSA) is 33.1 Å². The van der Waals surface area contributed by atoms with Crippen LogP contribution >= 0.6 is 0 Å². The van der Waals surface area contributed by atoms with Crippen LogP contribution in [0.2, 0.25) is 0 Å². The number of rotatable bonds is 3. The van der Waals surface area contributed by atoms with E-state index in [2.05, 4.69) is 40.7 Å². The van der Waals surface area contributed by atoms with Gasteiger partial charge in [0.15, 0.2) is 0 Å². The lowest BCUT2D eigenvalue weighted by Crippen LogP contribution is -1.85. The SMILES string of the molecule is CCCCc1ccc2c(c1)[nH]c1c2nc2ccccn21. The van der Waals surface area contributed by atoms with Gasteiger partial charge in [0.1, 0.15) is 16.8 Å². The molecule has 3 heterocycles. The summed E-state index contributed by atoms with van der Waals surface area (Å²) in [6.45, 7) is 2.23. The van der Waals surface area contributed by atoms with Gasteiger partial charge in [-0.2, -0.15) is 0 Å². The lowest BCUT2D eigenvalue weighted by atomic mass is 10.1. The van der Waals surface area contributed by atoms with Crippen LogP contribution in [-0.4, -0.2) is 14.4 Å². The number of pyridine rings is 1. The van der Waals surface area contributed by atoms with Crippen LogP contribution in [0.5, 0.6) is 0 Å². The van der Waals surface area contributed by atoms with Gasteiger partial charge in [0.2, 0.25) is 0 Å². The molecule has 20 heavy (non-hydrogen) atoms. The first-order valence-electron chi connectivity index (χ1n) is 7.24. The second kappa shape index (κ2) is 4.37. The van der Waals surface area contributed by atoms with Gasteiger partial charge in [0, 0.05) is 17.1 Å². The maximum Gasteiger partial charge on any atom is 0.143 e. The lowest BCUT2D eigenvalue weighted by Gasteiger charge is -1.99. The summed E-state index contributed by atoms with van der Waals surface area (Å²) in [6.07, 6.45) is 5.68. The Bertz CT molecular complexity index is 898.